The van der Waals surface area contributed by atoms with Crippen LogP contribution < -0.4 is 9.47 Å². The van der Waals surface area contributed by atoms with Crippen LogP contribution >= 0.6 is 0 Å². The van der Waals surface area contributed by atoms with E-state index in [4.69, 9.17) is 14.6 Å². The first-order valence-electron chi connectivity index (χ1n) is 5.22. The highest BCUT2D eigenvalue weighted by Gasteiger charge is 2.04. The molecular weight excluding hydrogens is 192 g/mol. The maximum atomic E-state index is 8.66. The minimum absolute atomic E-state index is 0.0138. The van der Waals surface area contributed by atoms with E-state index in [2.05, 4.69) is 6.92 Å². The summed E-state index contributed by atoms with van der Waals surface area (Å²) in [6, 6.07) is 5.90. The average molecular weight is 210 g/mol. The van der Waals surface area contributed by atoms with Crippen LogP contribution in [0.2, 0.25) is 0 Å². The van der Waals surface area contributed by atoms with Crippen LogP contribution in [-0.2, 0) is 6.42 Å². The topological polar surface area (TPSA) is 38.7 Å². The monoisotopic (exact) mass is 210 g/mol. The molecule has 0 atom stereocenters. The smallest absolute Gasteiger partial charge is 0.161 e. The number of hydrogen-bond donors (Lipinski definition) is 1. The molecule has 0 heterocycles. The largest absolute Gasteiger partial charge is 0.493 e. The van der Waals surface area contributed by atoms with Crippen molar-refractivity contribution in [3.63, 3.8) is 0 Å². The fraction of sp³-hybridized carbons (Fsp3) is 0.500. The highest BCUT2D eigenvalue weighted by Crippen LogP contribution is 2.28. The van der Waals surface area contributed by atoms with Crippen molar-refractivity contribution in [1.82, 2.24) is 0 Å². The number of aryl methyl sites for hydroxylation is 1. The van der Waals surface area contributed by atoms with Crippen molar-refractivity contribution >= 4 is 0 Å². The Morgan fingerprint density at radius 1 is 1.27 bits per heavy atom. The molecule has 0 spiro atoms. The molecule has 0 saturated carbocycles. The van der Waals surface area contributed by atoms with E-state index in [1.165, 1.54) is 5.56 Å². The third-order valence-corrected chi connectivity index (χ3v) is 2.12. The van der Waals surface area contributed by atoms with Crippen molar-refractivity contribution < 1.29 is 14.6 Å². The lowest BCUT2D eigenvalue weighted by atomic mass is 10.1. The van der Waals surface area contributed by atoms with Crippen molar-refractivity contribution in [2.75, 3.05) is 20.3 Å². The molecular formula is C12H18O3. The SMILES string of the molecule is CCCc1ccc(OCCO)c(OC)c1. The lowest BCUT2D eigenvalue weighted by Gasteiger charge is -2.11. The molecule has 1 aromatic rings. The van der Waals surface area contributed by atoms with Crippen LogP contribution in [0.5, 0.6) is 11.5 Å². The lowest BCUT2D eigenvalue weighted by molar-refractivity contribution is 0.196. The van der Waals surface area contributed by atoms with Gasteiger partial charge in [-0.2, -0.15) is 0 Å². The number of ether oxygens (including phenoxy) is 2. The molecule has 0 saturated heterocycles. The van der Waals surface area contributed by atoms with Gasteiger partial charge in [0.2, 0.25) is 0 Å². The van der Waals surface area contributed by atoms with E-state index in [1.54, 1.807) is 7.11 Å². The molecule has 0 unspecified atom stereocenters. The third-order valence-electron chi connectivity index (χ3n) is 2.12. The van der Waals surface area contributed by atoms with E-state index in [0.717, 1.165) is 18.6 Å². The molecule has 0 aromatic heterocycles. The van der Waals surface area contributed by atoms with Gasteiger partial charge in [-0.25, -0.2) is 0 Å². The minimum Gasteiger partial charge on any atom is -0.493 e. The summed E-state index contributed by atoms with van der Waals surface area (Å²) in [5.41, 5.74) is 1.24. The Kier molecular flexibility index (Phi) is 4.98. The van der Waals surface area contributed by atoms with E-state index in [9.17, 15) is 0 Å². The molecule has 1 N–H and O–H groups in total. The Labute approximate surface area is 90.6 Å². The first-order valence-corrected chi connectivity index (χ1v) is 5.22. The van der Waals surface area contributed by atoms with Crippen molar-refractivity contribution in [2.24, 2.45) is 0 Å². The second-order valence-corrected chi connectivity index (χ2v) is 3.31. The predicted molar refractivity (Wildman–Crippen MR) is 59.6 cm³/mol. The first kappa shape index (κ1) is 11.9. The van der Waals surface area contributed by atoms with Crippen molar-refractivity contribution in [2.45, 2.75) is 19.8 Å². The maximum absolute atomic E-state index is 8.66. The van der Waals surface area contributed by atoms with Gasteiger partial charge in [0, 0.05) is 0 Å². The standard InChI is InChI=1S/C12H18O3/c1-3-4-10-5-6-11(15-8-7-13)12(9-10)14-2/h5-6,9,13H,3-4,7-8H2,1-2H3. The van der Waals surface area contributed by atoms with Crippen LogP contribution in [0.1, 0.15) is 18.9 Å². The molecule has 0 amide bonds. The Bertz CT molecular complexity index is 297. The quantitative estimate of drug-likeness (QED) is 0.780. The summed E-state index contributed by atoms with van der Waals surface area (Å²) in [6.07, 6.45) is 2.15. The second kappa shape index (κ2) is 6.30. The zero-order chi connectivity index (χ0) is 11.1. The molecule has 84 valence electrons. The fourth-order valence-electron chi connectivity index (χ4n) is 1.43. The summed E-state index contributed by atoms with van der Waals surface area (Å²) >= 11 is 0. The summed E-state index contributed by atoms with van der Waals surface area (Å²) in [6.45, 7) is 2.45. The van der Waals surface area contributed by atoms with Crippen molar-refractivity contribution in [3.8, 4) is 11.5 Å². The predicted octanol–water partition coefficient (Wildman–Crippen LogP) is 2.02. The molecule has 3 nitrogen and oxygen atoms in total. The van der Waals surface area contributed by atoms with Gasteiger partial charge in [-0.1, -0.05) is 19.4 Å². The van der Waals surface area contributed by atoms with Crippen LogP contribution in [0.15, 0.2) is 18.2 Å². The van der Waals surface area contributed by atoms with Gasteiger partial charge in [0.05, 0.1) is 13.7 Å². The highest BCUT2D eigenvalue weighted by atomic mass is 16.5. The molecule has 1 rings (SSSR count). The normalized spacial score (nSPS) is 10.1. The number of aliphatic hydroxyl groups excluding tert-OH is 1. The van der Waals surface area contributed by atoms with Gasteiger partial charge in [-0.05, 0) is 24.1 Å². The molecule has 0 fully saturated rings. The first-order chi connectivity index (χ1) is 7.31. The molecule has 0 aliphatic heterocycles. The van der Waals surface area contributed by atoms with E-state index in [-0.39, 0.29) is 6.61 Å². The summed E-state index contributed by atoms with van der Waals surface area (Å²) in [4.78, 5) is 0. The van der Waals surface area contributed by atoms with E-state index in [0.29, 0.717) is 12.4 Å². The number of rotatable bonds is 6. The van der Waals surface area contributed by atoms with Gasteiger partial charge in [-0.15, -0.1) is 0 Å². The number of hydrogen-bond acceptors (Lipinski definition) is 3. The van der Waals surface area contributed by atoms with Gasteiger partial charge in [-0.3, -0.25) is 0 Å². The fourth-order valence-corrected chi connectivity index (χ4v) is 1.43. The number of methoxy groups -OCH3 is 1. The van der Waals surface area contributed by atoms with Gasteiger partial charge in [0.1, 0.15) is 6.61 Å². The highest BCUT2D eigenvalue weighted by molar-refractivity contribution is 5.42. The average Bonchev–Trinajstić information content (AvgIpc) is 2.27. The molecule has 0 aliphatic rings. The summed E-state index contributed by atoms with van der Waals surface area (Å²) in [5, 5.41) is 8.66. The van der Waals surface area contributed by atoms with Crippen LogP contribution in [0.3, 0.4) is 0 Å². The van der Waals surface area contributed by atoms with Crippen LogP contribution in [0.4, 0.5) is 0 Å². The van der Waals surface area contributed by atoms with Crippen molar-refractivity contribution in [1.29, 1.82) is 0 Å². The van der Waals surface area contributed by atoms with Crippen LogP contribution in [-0.4, -0.2) is 25.4 Å². The van der Waals surface area contributed by atoms with E-state index in [1.807, 2.05) is 18.2 Å². The zero-order valence-electron chi connectivity index (χ0n) is 9.32. The Morgan fingerprint density at radius 2 is 2.07 bits per heavy atom. The van der Waals surface area contributed by atoms with Gasteiger partial charge < -0.3 is 14.6 Å². The van der Waals surface area contributed by atoms with E-state index < -0.39 is 0 Å². The van der Waals surface area contributed by atoms with Crippen molar-refractivity contribution in [3.05, 3.63) is 23.8 Å². The van der Waals surface area contributed by atoms with Gasteiger partial charge in [0.25, 0.3) is 0 Å². The Hall–Kier alpha value is -1.22. The third kappa shape index (κ3) is 3.44. The molecule has 1 aromatic carbocycles. The maximum Gasteiger partial charge on any atom is 0.161 e. The summed E-state index contributed by atoms with van der Waals surface area (Å²) < 4.78 is 10.6. The molecule has 0 aliphatic carbocycles. The summed E-state index contributed by atoms with van der Waals surface area (Å²) in [5.74, 6) is 1.42. The van der Waals surface area contributed by atoms with Gasteiger partial charge in [0.15, 0.2) is 11.5 Å². The second-order valence-electron chi connectivity index (χ2n) is 3.31. The molecule has 15 heavy (non-hydrogen) atoms. The molecule has 0 radical (unpaired) electrons. The zero-order valence-corrected chi connectivity index (χ0v) is 9.32. The lowest BCUT2D eigenvalue weighted by Crippen LogP contribution is -2.03. The van der Waals surface area contributed by atoms with Crippen LogP contribution in [0, 0.1) is 0 Å². The van der Waals surface area contributed by atoms with Gasteiger partial charge >= 0.3 is 0 Å². The molecule has 3 heteroatoms. The van der Waals surface area contributed by atoms with Crippen LogP contribution in [0.25, 0.3) is 0 Å². The number of aliphatic hydroxyl groups is 1. The molecule has 0 bridgehead atoms. The van der Waals surface area contributed by atoms with E-state index >= 15 is 0 Å². The minimum atomic E-state index is 0.0138. The Morgan fingerprint density at radius 3 is 2.67 bits per heavy atom. The Balaban J connectivity index is 2.78. The number of benzene rings is 1. The summed E-state index contributed by atoms with van der Waals surface area (Å²) in [7, 11) is 1.62.